The second-order valence-corrected chi connectivity index (χ2v) is 6.65. The normalized spacial score (nSPS) is 11.4. The largest absolute Gasteiger partial charge is 0.516 e. The summed E-state index contributed by atoms with van der Waals surface area (Å²) in [5, 5.41) is 8.68. The Labute approximate surface area is 180 Å². The lowest BCUT2D eigenvalue weighted by atomic mass is 10.0. The lowest BCUT2D eigenvalue weighted by molar-refractivity contribution is 0.473. The fourth-order valence-electron chi connectivity index (χ4n) is 2.72. The summed E-state index contributed by atoms with van der Waals surface area (Å²) >= 11 is 0. The van der Waals surface area contributed by atoms with Crippen molar-refractivity contribution in [2.45, 2.75) is 27.7 Å². The molecular formula is C28H30O2. The van der Waals surface area contributed by atoms with Crippen molar-refractivity contribution in [1.29, 1.82) is 0 Å². The molecule has 2 nitrogen and oxygen atoms in total. The molecular weight excluding hydrogens is 368 g/mol. The van der Waals surface area contributed by atoms with Crippen molar-refractivity contribution in [3.8, 4) is 22.6 Å². The molecule has 0 saturated carbocycles. The van der Waals surface area contributed by atoms with Crippen LogP contribution >= 0.6 is 0 Å². The molecule has 0 aliphatic rings. The van der Waals surface area contributed by atoms with E-state index in [0.29, 0.717) is 0 Å². The Hall–Kier alpha value is -3.52. The van der Waals surface area contributed by atoms with Gasteiger partial charge in [0, 0.05) is 0 Å². The van der Waals surface area contributed by atoms with Gasteiger partial charge < -0.3 is 9.84 Å². The summed E-state index contributed by atoms with van der Waals surface area (Å²) in [6, 6.07) is 24.6. The fraction of sp³-hybridized carbons (Fsp3) is 0.143. The van der Waals surface area contributed by atoms with Crippen LogP contribution in [0.25, 0.3) is 17.2 Å². The zero-order valence-electron chi connectivity index (χ0n) is 18.2. The second kappa shape index (κ2) is 12.1. The van der Waals surface area contributed by atoms with E-state index in [9.17, 15) is 0 Å². The minimum Gasteiger partial charge on any atom is -0.516 e. The molecule has 0 aliphatic carbocycles. The number of allylic oxidation sites excluding steroid dienone is 4. The van der Waals surface area contributed by atoms with Gasteiger partial charge in [-0.25, -0.2) is 0 Å². The molecule has 30 heavy (non-hydrogen) atoms. The van der Waals surface area contributed by atoms with Gasteiger partial charge in [0.1, 0.15) is 11.5 Å². The average Bonchev–Trinajstić information content (AvgIpc) is 2.80. The predicted molar refractivity (Wildman–Crippen MR) is 129 cm³/mol. The SMILES string of the molecule is CC.CC(/C=C\c1ccc(-c2ccc(Oc3ccc(C)cc3)cc2)cc1)=C/C=C/O. The van der Waals surface area contributed by atoms with E-state index in [1.807, 2.05) is 69.3 Å². The minimum atomic E-state index is 0.825. The van der Waals surface area contributed by atoms with Gasteiger partial charge in [-0.1, -0.05) is 91.7 Å². The van der Waals surface area contributed by atoms with E-state index in [0.717, 1.165) is 40.0 Å². The molecule has 0 aromatic heterocycles. The first-order chi connectivity index (χ1) is 14.6. The number of ether oxygens (including phenoxy) is 1. The average molecular weight is 399 g/mol. The van der Waals surface area contributed by atoms with Gasteiger partial charge in [-0.05, 0) is 60.9 Å². The van der Waals surface area contributed by atoms with Crippen LogP contribution in [0.15, 0.2) is 103 Å². The highest BCUT2D eigenvalue weighted by Gasteiger charge is 2.00. The Kier molecular flexibility index (Phi) is 9.20. The molecule has 0 fully saturated rings. The van der Waals surface area contributed by atoms with Crippen molar-refractivity contribution >= 4 is 6.08 Å². The van der Waals surface area contributed by atoms with E-state index in [1.165, 1.54) is 5.56 Å². The quantitative estimate of drug-likeness (QED) is 0.333. The van der Waals surface area contributed by atoms with Crippen molar-refractivity contribution in [2.24, 2.45) is 0 Å². The van der Waals surface area contributed by atoms with Gasteiger partial charge in [0.05, 0.1) is 6.26 Å². The Morgan fingerprint density at radius 3 is 1.80 bits per heavy atom. The van der Waals surface area contributed by atoms with E-state index in [4.69, 9.17) is 9.84 Å². The number of aryl methyl sites for hydroxylation is 1. The standard InChI is InChI=1S/C26H24O2.C2H6/c1-20(4-3-19-27)5-8-22-9-11-23(12-10-22)24-13-17-26(18-14-24)28-25-15-6-21(2)7-16-25;1-2/h3-19,27H,1-2H3;1-2H3/b8-5-,19-3+,20-4-;. The van der Waals surface area contributed by atoms with Gasteiger partial charge in [0.2, 0.25) is 0 Å². The van der Waals surface area contributed by atoms with Crippen LogP contribution in [-0.2, 0) is 0 Å². The van der Waals surface area contributed by atoms with Crippen molar-refractivity contribution in [3.05, 3.63) is 114 Å². The lowest BCUT2D eigenvalue weighted by Gasteiger charge is -2.08. The van der Waals surface area contributed by atoms with Gasteiger partial charge in [0.25, 0.3) is 0 Å². The van der Waals surface area contributed by atoms with E-state index in [-0.39, 0.29) is 0 Å². The molecule has 3 aromatic rings. The van der Waals surface area contributed by atoms with Gasteiger partial charge in [-0.3, -0.25) is 0 Å². The topological polar surface area (TPSA) is 29.5 Å². The zero-order valence-corrected chi connectivity index (χ0v) is 18.2. The molecule has 0 saturated heterocycles. The van der Waals surface area contributed by atoms with Crippen molar-refractivity contribution in [3.63, 3.8) is 0 Å². The summed E-state index contributed by atoms with van der Waals surface area (Å²) < 4.78 is 5.89. The number of hydrogen-bond acceptors (Lipinski definition) is 2. The number of benzene rings is 3. The molecule has 154 valence electrons. The van der Waals surface area contributed by atoms with E-state index >= 15 is 0 Å². The van der Waals surface area contributed by atoms with Gasteiger partial charge >= 0.3 is 0 Å². The smallest absolute Gasteiger partial charge is 0.127 e. The maximum atomic E-state index is 8.68. The van der Waals surface area contributed by atoms with Gasteiger partial charge in [0.15, 0.2) is 0 Å². The number of aliphatic hydroxyl groups excluding tert-OH is 1. The first-order valence-corrected chi connectivity index (χ1v) is 10.2. The van der Waals surface area contributed by atoms with Crippen LogP contribution in [-0.4, -0.2) is 5.11 Å². The highest BCUT2D eigenvalue weighted by atomic mass is 16.5. The van der Waals surface area contributed by atoms with E-state index in [1.54, 1.807) is 6.08 Å². The monoisotopic (exact) mass is 398 g/mol. The van der Waals surface area contributed by atoms with Crippen LogP contribution in [0.2, 0.25) is 0 Å². The first kappa shape index (κ1) is 22.8. The minimum absolute atomic E-state index is 0.825. The summed E-state index contributed by atoms with van der Waals surface area (Å²) in [4.78, 5) is 0. The maximum Gasteiger partial charge on any atom is 0.127 e. The molecule has 3 aromatic carbocycles. The summed E-state index contributed by atoms with van der Waals surface area (Å²) in [6.07, 6.45) is 8.56. The Morgan fingerprint density at radius 2 is 1.27 bits per heavy atom. The number of hydrogen-bond donors (Lipinski definition) is 1. The fourth-order valence-corrected chi connectivity index (χ4v) is 2.72. The van der Waals surface area contributed by atoms with Crippen LogP contribution in [0.4, 0.5) is 0 Å². The Morgan fingerprint density at radius 1 is 0.767 bits per heavy atom. The van der Waals surface area contributed by atoms with Gasteiger partial charge in [-0.15, -0.1) is 0 Å². The highest BCUT2D eigenvalue weighted by molar-refractivity contribution is 5.66. The molecule has 0 aliphatic heterocycles. The molecule has 0 atom stereocenters. The third kappa shape index (κ3) is 7.14. The molecule has 0 spiro atoms. The van der Waals surface area contributed by atoms with Crippen LogP contribution in [0.1, 0.15) is 31.9 Å². The second-order valence-electron chi connectivity index (χ2n) is 6.65. The molecule has 2 heteroatoms. The van der Waals surface area contributed by atoms with Gasteiger partial charge in [-0.2, -0.15) is 0 Å². The van der Waals surface area contributed by atoms with Crippen molar-refractivity contribution in [1.82, 2.24) is 0 Å². The summed E-state index contributed by atoms with van der Waals surface area (Å²) in [6.45, 7) is 8.05. The molecule has 0 heterocycles. The van der Waals surface area contributed by atoms with Crippen LogP contribution in [0, 0.1) is 6.92 Å². The molecule has 3 rings (SSSR count). The first-order valence-electron chi connectivity index (χ1n) is 10.2. The van der Waals surface area contributed by atoms with Crippen molar-refractivity contribution in [2.75, 3.05) is 0 Å². The van der Waals surface area contributed by atoms with E-state index in [2.05, 4.69) is 49.4 Å². The third-order valence-electron chi connectivity index (χ3n) is 4.34. The zero-order chi connectivity index (χ0) is 21.8. The molecule has 0 bridgehead atoms. The number of rotatable bonds is 6. The predicted octanol–water partition coefficient (Wildman–Crippen LogP) is 8.51. The van der Waals surface area contributed by atoms with Crippen LogP contribution in [0.3, 0.4) is 0 Å². The summed E-state index contributed by atoms with van der Waals surface area (Å²) in [7, 11) is 0. The third-order valence-corrected chi connectivity index (χ3v) is 4.34. The lowest BCUT2D eigenvalue weighted by Crippen LogP contribution is -1.85. The molecule has 0 amide bonds. The van der Waals surface area contributed by atoms with E-state index < -0.39 is 0 Å². The Balaban J connectivity index is 0.00000155. The number of aliphatic hydroxyl groups is 1. The summed E-state index contributed by atoms with van der Waals surface area (Å²) in [5.41, 5.74) is 5.72. The highest BCUT2D eigenvalue weighted by Crippen LogP contribution is 2.26. The summed E-state index contributed by atoms with van der Waals surface area (Å²) in [5.74, 6) is 1.67. The van der Waals surface area contributed by atoms with Crippen LogP contribution < -0.4 is 4.74 Å². The Bertz CT molecular complexity index is 974. The van der Waals surface area contributed by atoms with Crippen LogP contribution in [0.5, 0.6) is 11.5 Å². The van der Waals surface area contributed by atoms with Crippen molar-refractivity contribution < 1.29 is 9.84 Å². The maximum absolute atomic E-state index is 8.68. The molecule has 0 radical (unpaired) electrons. The molecule has 0 unspecified atom stereocenters. The molecule has 1 N–H and O–H groups in total.